The predicted octanol–water partition coefficient (Wildman–Crippen LogP) is 0.582. The number of aromatic nitrogens is 1. The minimum Gasteiger partial charge on any atom is -0.361 e. The van der Waals surface area contributed by atoms with Crippen LogP contribution in [0.1, 0.15) is 25.3 Å². The first-order valence-electron chi connectivity index (χ1n) is 8.37. The lowest BCUT2D eigenvalue weighted by atomic mass is 10.2. The van der Waals surface area contributed by atoms with E-state index in [0.717, 1.165) is 44.2 Å². The van der Waals surface area contributed by atoms with Crippen LogP contribution in [0.3, 0.4) is 0 Å². The molecule has 8 nitrogen and oxygen atoms in total. The number of hydrogen-bond acceptors (Lipinski definition) is 6. The Morgan fingerprint density at radius 1 is 1.25 bits per heavy atom. The van der Waals surface area contributed by atoms with Crippen LogP contribution in [0.4, 0.5) is 4.79 Å². The SMILES string of the molecule is Cc1cc(CN2CCN(CC(=O)NC(=O)NCC(C)C)CC2)no1. The van der Waals surface area contributed by atoms with E-state index in [1.807, 2.05) is 26.8 Å². The van der Waals surface area contributed by atoms with Gasteiger partial charge in [0, 0.05) is 45.3 Å². The standard InChI is InChI=1S/C16H27N5O3/c1-12(2)9-17-16(23)18-15(22)11-21-6-4-20(5-7-21)10-14-8-13(3)24-19-14/h8,12H,4-7,9-11H2,1-3H3,(H2,17,18,22,23). The van der Waals surface area contributed by atoms with Crippen LogP contribution in [0.15, 0.2) is 10.6 Å². The van der Waals surface area contributed by atoms with Crippen LogP contribution in [0.25, 0.3) is 0 Å². The van der Waals surface area contributed by atoms with Crippen molar-refractivity contribution in [3.8, 4) is 0 Å². The Bertz CT molecular complexity index is 550. The molecule has 1 aliphatic heterocycles. The molecular formula is C16H27N5O3. The summed E-state index contributed by atoms with van der Waals surface area (Å²) in [6.45, 7) is 10.7. The summed E-state index contributed by atoms with van der Waals surface area (Å²) in [5.41, 5.74) is 0.931. The van der Waals surface area contributed by atoms with Crippen molar-refractivity contribution in [2.24, 2.45) is 5.92 Å². The number of urea groups is 1. The van der Waals surface area contributed by atoms with E-state index < -0.39 is 6.03 Å². The molecule has 1 fully saturated rings. The highest BCUT2D eigenvalue weighted by molar-refractivity contribution is 5.95. The number of nitrogens with one attached hydrogen (secondary N) is 2. The zero-order valence-electron chi connectivity index (χ0n) is 14.7. The molecule has 8 heteroatoms. The van der Waals surface area contributed by atoms with Gasteiger partial charge in [0.2, 0.25) is 5.91 Å². The van der Waals surface area contributed by atoms with Crippen molar-refractivity contribution in [2.45, 2.75) is 27.3 Å². The number of piperazine rings is 1. The van der Waals surface area contributed by atoms with Crippen molar-refractivity contribution in [3.05, 3.63) is 17.5 Å². The quantitative estimate of drug-likeness (QED) is 0.789. The van der Waals surface area contributed by atoms with E-state index in [2.05, 4.69) is 25.6 Å². The molecule has 1 aromatic rings. The number of imide groups is 1. The second-order valence-electron chi connectivity index (χ2n) is 6.63. The maximum Gasteiger partial charge on any atom is 0.321 e. The van der Waals surface area contributed by atoms with Gasteiger partial charge in [0.05, 0.1) is 12.2 Å². The summed E-state index contributed by atoms with van der Waals surface area (Å²) in [5, 5.41) is 9.04. The van der Waals surface area contributed by atoms with Gasteiger partial charge in [-0.15, -0.1) is 0 Å². The highest BCUT2D eigenvalue weighted by atomic mass is 16.5. The molecule has 0 unspecified atom stereocenters. The maximum absolute atomic E-state index is 11.9. The fraction of sp³-hybridized carbons (Fsp3) is 0.688. The van der Waals surface area contributed by atoms with Crippen LogP contribution in [-0.2, 0) is 11.3 Å². The summed E-state index contributed by atoms with van der Waals surface area (Å²) in [7, 11) is 0. The van der Waals surface area contributed by atoms with Gasteiger partial charge in [-0.3, -0.25) is 19.9 Å². The Labute approximate surface area is 142 Å². The zero-order chi connectivity index (χ0) is 17.5. The molecule has 1 aliphatic rings. The van der Waals surface area contributed by atoms with Gasteiger partial charge in [-0.05, 0) is 12.8 Å². The average molecular weight is 337 g/mol. The number of carbonyl (C=O) groups excluding carboxylic acids is 2. The van der Waals surface area contributed by atoms with Gasteiger partial charge >= 0.3 is 6.03 Å². The zero-order valence-corrected chi connectivity index (χ0v) is 14.7. The van der Waals surface area contributed by atoms with Gasteiger partial charge in [0.1, 0.15) is 5.76 Å². The normalized spacial score (nSPS) is 16.3. The number of nitrogens with zero attached hydrogens (tertiary/aromatic N) is 3. The van der Waals surface area contributed by atoms with Crippen LogP contribution in [0.5, 0.6) is 0 Å². The monoisotopic (exact) mass is 337 g/mol. The first-order chi connectivity index (χ1) is 11.4. The molecule has 0 spiro atoms. The van der Waals surface area contributed by atoms with Crippen molar-refractivity contribution >= 4 is 11.9 Å². The number of hydrogen-bond donors (Lipinski definition) is 2. The molecule has 0 aliphatic carbocycles. The Morgan fingerprint density at radius 2 is 1.92 bits per heavy atom. The molecule has 2 heterocycles. The van der Waals surface area contributed by atoms with Gasteiger partial charge < -0.3 is 9.84 Å². The summed E-state index contributed by atoms with van der Waals surface area (Å²) in [6.07, 6.45) is 0. The summed E-state index contributed by atoms with van der Waals surface area (Å²) < 4.78 is 5.07. The van der Waals surface area contributed by atoms with E-state index >= 15 is 0 Å². The van der Waals surface area contributed by atoms with Gasteiger partial charge in [-0.25, -0.2) is 4.79 Å². The van der Waals surface area contributed by atoms with Crippen LogP contribution in [0, 0.1) is 12.8 Å². The first kappa shape index (κ1) is 18.4. The molecule has 0 saturated carbocycles. The lowest BCUT2D eigenvalue weighted by Crippen LogP contribution is -2.51. The van der Waals surface area contributed by atoms with Crippen molar-refractivity contribution < 1.29 is 14.1 Å². The van der Waals surface area contributed by atoms with Crippen LogP contribution < -0.4 is 10.6 Å². The van der Waals surface area contributed by atoms with Crippen molar-refractivity contribution in [2.75, 3.05) is 39.3 Å². The third-order valence-corrected chi connectivity index (χ3v) is 3.82. The summed E-state index contributed by atoms with van der Waals surface area (Å²) in [6, 6.07) is 1.52. The van der Waals surface area contributed by atoms with Crippen molar-refractivity contribution in [1.29, 1.82) is 0 Å². The molecule has 0 aromatic carbocycles. The highest BCUT2D eigenvalue weighted by Crippen LogP contribution is 2.08. The second kappa shape index (κ2) is 8.79. The second-order valence-corrected chi connectivity index (χ2v) is 6.63. The van der Waals surface area contributed by atoms with Gasteiger partial charge in [-0.2, -0.15) is 0 Å². The minimum atomic E-state index is -0.422. The van der Waals surface area contributed by atoms with Gasteiger partial charge in [-0.1, -0.05) is 19.0 Å². The third kappa shape index (κ3) is 6.29. The highest BCUT2D eigenvalue weighted by Gasteiger charge is 2.20. The molecule has 0 radical (unpaired) electrons. The fourth-order valence-electron chi connectivity index (χ4n) is 2.54. The summed E-state index contributed by atoms with van der Waals surface area (Å²) >= 11 is 0. The molecule has 1 saturated heterocycles. The van der Waals surface area contributed by atoms with Crippen molar-refractivity contribution in [3.63, 3.8) is 0 Å². The van der Waals surface area contributed by atoms with E-state index in [4.69, 9.17) is 4.52 Å². The topological polar surface area (TPSA) is 90.7 Å². The lowest BCUT2D eigenvalue weighted by molar-refractivity contribution is -0.121. The van der Waals surface area contributed by atoms with Crippen LogP contribution in [0.2, 0.25) is 0 Å². The molecule has 1 aromatic heterocycles. The smallest absolute Gasteiger partial charge is 0.321 e. The summed E-state index contributed by atoms with van der Waals surface area (Å²) in [5.74, 6) is 0.903. The van der Waals surface area contributed by atoms with Gasteiger partial charge in [0.25, 0.3) is 0 Å². The van der Waals surface area contributed by atoms with E-state index in [1.54, 1.807) is 0 Å². The number of rotatable bonds is 6. The molecule has 2 N–H and O–H groups in total. The largest absolute Gasteiger partial charge is 0.361 e. The maximum atomic E-state index is 11.9. The van der Waals surface area contributed by atoms with Crippen LogP contribution in [-0.4, -0.2) is 66.2 Å². The fourth-order valence-corrected chi connectivity index (χ4v) is 2.54. The predicted molar refractivity (Wildman–Crippen MR) is 89.3 cm³/mol. The minimum absolute atomic E-state index is 0.242. The van der Waals surface area contributed by atoms with E-state index in [-0.39, 0.29) is 12.5 Å². The Balaban J connectivity index is 1.65. The molecule has 3 amide bonds. The number of amides is 3. The first-order valence-corrected chi connectivity index (χ1v) is 8.37. The molecule has 2 rings (SSSR count). The van der Waals surface area contributed by atoms with Crippen molar-refractivity contribution in [1.82, 2.24) is 25.6 Å². The average Bonchev–Trinajstić information content (AvgIpc) is 2.92. The molecule has 0 atom stereocenters. The molecule has 24 heavy (non-hydrogen) atoms. The summed E-state index contributed by atoms with van der Waals surface area (Å²) in [4.78, 5) is 27.8. The molecular weight excluding hydrogens is 310 g/mol. The van der Waals surface area contributed by atoms with Crippen LogP contribution >= 0.6 is 0 Å². The Kier molecular flexibility index (Phi) is 6.74. The lowest BCUT2D eigenvalue weighted by Gasteiger charge is -2.33. The van der Waals surface area contributed by atoms with E-state index in [9.17, 15) is 9.59 Å². The van der Waals surface area contributed by atoms with Gasteiger partial charge in [0.15, 0.2) is 0 Å². The number of aryl methyl sites for hydroxylation is 1. The molecule has 134 valence electrons. The number of carbonyl (C=O) groups is 2. The van der Waals surface area contributed by atoms with E-state index in [1.165, 1.54) is 0 Å². The third-order valence-electron chi connectivity index (χ3n) is 3.82. The van der Waals surface area contributed by atoms with E-state index in [0.29, 0.717) is 12.5 Å². The molecule has 0 bridgehead atoms. The Hall–Kier alpha value is -1.93. The Morgan fingerprint density at radius 3 is 2.50 bits per heavy atom.